The Bertz CT molecular complexity index is 335. The van der Waals surface area contributed by atoms with E-state index in [1.165, 1.54) is 4.90 Å². The van der Waals surface area contributed by atoms with Gasteiger partial charge in [-0.2, -0.15) is 5.26 Å². The molecule has 0 radical (unpaired) electrons. The van der Waals surface area contributed by atoms with Crippen LogP contribution >= 0.6 is 0 Å². The zero-order chi connectivity index (χ0) is 11.6. The van der Waals surface area contributed by atoms with Gasteiger partial charge in [-0.25, -0.2) is 0 Å². The van der Waals surface area contributed by atoms with Crippen LogP contribution in [0.25, 0.3) is 0 Å². The summed E-state index contributed by atoms with van der Waals surface area (Å²) in [4.78, 5) is 24.9. The fraction of sp³-hybridized carbons (Fsp3) is 0.750. The van der Waals surface area contributed by atoms with E-state index in [0.29, 0.717) is 25.8 Å². The van der Waals surface area contributed by atoms with Crippen LogP contribution in [0.1, 0.15) is 44.9 Å². The number of likely N-dealkylation sites (tertiary alicyclic amines) is 1. The Morgan fingerprint density at radius 3 is 2.19 bits per heavy atom. The van der Waals surface area contributed by atoms with Crippen molar-refractivity contribution in [1.29, 1.82) is 5.26 Å². The highest BCUT2D eigenvalue weighted by molar-refractivity contribution is 5.96. The molecule has 0 atom stereocenters. The Balaban J connectivity index is 2.04. The van der Waals surface area contributed by atoms with Crippen molar-refractivity contribution < 1.29 is 9.59 Å². The molecule has 0 aromatic carbocycles. The van der Waals surface area contributed by atoms with Crippen molar-refractivity contribution in [2.75, 3.05) is 6.54 Å². The van der Waals surface area contributed by atoms with E-state index in [9.17, 15) is 9.59 Å². The Labute approximate surface area is 95.2 Å². The minimum atomic E-state index is -0.0651. The summed E-state index contributed by atoms with van der Waals surface area (Å²) < 4.78 is 0. The minimum absolute atomic E-state index is 0.0493. The van der Waals surface area contributed by atoms with Crippen LogP contribution in [0.3, 0.4) is 0 Å². The molecule has 2 aliphatic rings. The van der Waals surface area contributed by atoms with Crippen LogP contribution in [0.5, 0.6) is 0 Å². The van der Waals surface area contributed by atoms with E-state index in [1.807, 2.05) is 0 Å². The molecule has 2 fully saturated rings. The second-order valence-electron chi connectivity index (χ2n) is 4.92. The average molecular weight is 220 g/mol. The van der Waals surface area contributed by atoms with Crippen LogP contribution < -0.4 is 0 Å². The summed E-state index contributed by atoms with van der Waals surface area (Å²) in [6.07, 6.45) is 4.99. The molecule has 0 unspecified atom stereocenters. The van der Waals surface area contributed by atoms with Gasteiger partial charge in [-0.3, -0.25) is 14.5 Å². The largest absolute Gasteiger partial charge is 0.282 e. The molecular weight excluding hydrogens is 204 g/mol. The number of nitriles is 1. The molecule has 16 heavy (non-hydrogen) atoms. The standard InChI is InChI=1S/C12H16N2O2/c13-8-7-12(5-6-12)9-14-10(15)3-1-2-4-11(14)16/h1-7,9H2. The first-order valence-electron chi connectivity index (χ1n) is 5.87. The summed E-state index contributed by atoms with van der Waals surface area (Å²) in [5, 5.41) is 8.72. The van der Waals surface area contributed by atoms with Crippen molar-refractivity contribution in [1.82, 2.24) is 4.90 Å². The maximum atomic E-state index is 11.8. The molecule has 1 aliphatic heterocycles. The van der Waals surface area contributed by atoms with E-state index in [1.54, 1.807) is 0 Å². The molecule has 0 spiro atoms. The number of carbonyl (C=O) groups is 2. The molecule has 0 aromatic heterocycles. The van der Waals surface area contributed by atoms with Crippen molar-refractivity contribution in [2.45, 2.75) is 44.9 Å². The Kier molecular flexibility index (Phi) is 2.95. The van der Waals surface area contributed by atoms with E-state index < -0.39 is 0 Å². The van der Waals surface area contributed by atoms with Gasteiger partial charge in [0.25, 0.3) is 0 Å². The molecule has 1 saturated heterocycles. The van der Waals surface area contributed by atoms with Crippen molar-refractivity contribution >= 4 is 11.8 Å². The molecule has 2 amide bonds. The van der Waals surface area contributed by atoms with Crippen molar-refractivity contribution in [3.8, 4) is 6.07 Å². The summed E-state index contributed by atoms with van der Waals surface area (Å²) in [7, 11) is 0. The number of nitrogens with zero attached hydrogens (tertiary/aromatic N) is 2. The Hall–Kier alpha value is -1.37. The van der Waals surface area contributed by atoms with Gasteiger partial charge in [0.1, 0.15) is 0 Å². The zero-order valence-corrected chi connectivity index (χ0v) is 9.37. The third kappa shape index (κ3) is 2.24. The van der Waals surface area contributed by atoms with Gasteiger partial charge in [0, 0.05) is 31.2 Å². The van der Waals surface area contributed by atoms with E-state index in [-0.39, 0.29) is 17.2 Å². The van der Waals surface area contributed by atoms with E-state index in [0.717, 1.165) is 25.7 Å². The van der Waals surface area contributed by atoms with Crippen LogP contribution in [0.15, 0.2) is 0 Å². The second kappa shape index (κ2) is 4.25. The maximum absolute atomic E-state index is 11.8. The third-order valence-electron chi connectivity index (χ3n) is 3.54. The second-order valence-corrected chi connectivity index (χ2v) is 4.92. The van der Waals surface area contributed by atoms with Crippen LogP contribution in [0, 0.1) is 16.7 Å². The number of hydrogen-bond donors (Lipinski definition) is 0. The molecule has 1 heterocycles. The van der Waals surface area contributed by atoms with Gasteiger partial charge in [-0.05, 0) is 25.7 Å². The lowest BCUT2D eigenvalue weighted by Crippen LogP contribution is -2.39. The van der Waals surface area contributed by atoms with Crippen molar-refractivity contribution in [2.24, 2.45) is 5.41 Å². The van der Waals surface area contributed by atoms with Crippen molar-refractivity contribution in [3.63, 3.8) is 0 Å². The first-order valence-corrected chi connectivity index (χ1v) is 5.87. The van der Waals surface area contributed by atoms with E-state index >= 15 is 0 Å². The number of amides is 2. The molecule has 86 valence electrons. The number of imide groups is 1. The summed E-state index contributed by atoms with van der Waals surface area (Å²) in [5.74, 6) is -0.0987. The first-order chi connectivity index (χ1) is 7.67. The topological polar surface area (TPSA) is 61.2 Å². The Morgan fingerprint density at radius 1 is 1.19 bits per heavy atom. The molecule has 0 aromatic rings. The number of rotatable bonds is 3. The number of carbonyl (C=O) groups excluding carboxylic acids is 2. The maximum Gasteiger partial charge on any atom is 0.229 e. The van der Waals surface area contributed by atoms with Crippen LogP contribution in [0.2, 0.25) is 0 Å². The van der Waals surface area contributed by atoms with Crippen molar-refractivity contribution in [3.05, 3.63) is 0 Å². The summed E-state index contributed by atoms with van der Waals surface area (Å²) in [6.45, 7) is 0.470. The van der Waals surface area contributed by atoms with E-state index in [4.69, 9.17) is 5.26 Å². The summed E-state index contributed by atoms with van der Waals surface area (Å²) in [5.41, 5.74) is -0.0651. The van der Waals surface area contributed by atoms with Crippen LogP contribution in [-0.4, -0.2) is 23.3 Å². The van der Waals surface area contributed by atoms with Gasteiger partial charge in [-0.1, -0.05) is 0 Å². The molecule has 4 nitrogen and oxygen atoms in total. The molecule has 0 bridgehead atoms. The van der Waals surface area contributed by atoms with Gasteiger partial charge < -0.3 is 0 Å². The third-order valence-corrected chi connectivity index (χ3v) is 3.54. The molecular formula is C12H16N2O2. The zero-order valence-electron chi connectivity index (χ0n) is 9.37. The van der Waals surface area contributed by atoms with Gasteiger partial charge in [0.2, 0.25) is 11.8 Å². The SMILES string of the molecule is N#CCC1(CN2C(=O)CCCCC2=O)CC1. The first kappa shape index (κ1) is 11.1. The van der Waals surface area contributed by atoms with Gasteiger partial charge in [0.15, 0.2) is 0 Å². The van der Waals surface area contributed by atoms with Gasteiger partial charge in [-0.15, -0.1) is 0 Å². The Morgan fingerprint density at radius 2 is 1.75 bits per heavy atom. The van der Waals surface area contributed by atoms with Crippen LogP contribution in [0.4, 0.5) is 0 Å². The normalized spacial score (nSPS) is 23.8. The van der Waals surface area contributed by atoms with Gasteiger partial charge >= 0.3 is 0 Å². The molecule has 1 saturated carbocycles. The molecule has 4 heteroatoms. The highest BCUT2D eigenvalue weighted by Crippen LogP contribution is 2.49. The molecule has 1 aliphatic carbocycles. The predicted molar refractivity (Wildman–Crippen MR) is 57.1 cm³/mol. The fourth-order valence-corrected chi connectivity index (χ4v) is 2.21. The molecule has 2 rings (SSSR count). The average Bonchev–Trinajstić information content (AvgIpc) is 3.02. The minimum Gasteiger partial charge on any atom is -0.282 e. The van der Waals surface area contributed by atoms with Gasteiger partial charge in [0.05, 0.1) is 6.07 Å². The molecule has 0 N–H and O–H groups in total. The number of hydrogen-bond acceptors (Lipinski definition) is 3. The fourth-order valence-electron chi connectivity index (χ4n) is 2.21. The predicted octanol–water partition coefficient (Wildman–Crippen LogP) is 1.61. The smallest absolute Gasteiger partial charge is 0.229 e. The summed E-state index contributed by atoms with van der Waals surface area (Å²) >= 11 is 0. The summed E-state index contributed by atoms with van der Waals surface area (Å²) in [6, 6.07) is 2.16. The lowest BCUT2D eigenvalue weighted by Gasteiger charge is -2.23. The van der Waals surface area contributed by atoms with Crippen LogP contribution in [-0.2, 0) is 9.59 Å². The highest BCUT2D eigenvalue weighted by Gasteiger charge is 2.45. The highest BCUT2D eigenvalue weighted by atomic mass is 16.2. The monoisotopic (exact) mass is 220 g/mol. The van der Waals surface area contributed by atoms with E-state index in [2.05, 4.69) is 6.07 Å². The lowest BCUT2D eigenvalue weighted by molar-refractivity contribution is -0.144. The lowest BCUT2D eigenvalue weighted by atomic mass is 10.0. The quantitative estimate of drug-likeness (QED) is 0.679.